The van der Waals surface area contributed by atoms with Crippen LogP contribution in [0.2, 0.25) is 0 Å². The van der Waals surface area contributed by atoms with Crippen molar-refractivity contribution in [3.63, 3.8) is 0 Å². The molecule has 0 aliphatic heterocycles. The topological polar surface area (TPSA) is 229 Å². The van der Waals surface area contributed by atoms with Gasteiger partial charge < -0.3 is 60.0 Å². The minimum atomic E-state index is -1.39. The van der Waals surface area contributed by atoms with E-state index in [1.165, 1.54) is 24.3 Å². The second-order valence-corrected chi connectivity index (χ2v) is 20.8. The number of aliphatic hydroxyl groups is 4. The number of anilines is 2. The third kappa shape index (κ3) is 17.4. The molecular formula is C66H68CaF2N4O10. The molecule has 0 aliphatic carbocycles. The maximum absolute atomic E-state index is 14.0. The molecule has 0 bridgehead atoms. The third-order valence-corrected chi connectivity index (χ3v) is 13.8. The first-order valence-electron chi connectivity index (χ1n) is 27.3. The van der Waals surface area contributed by atoms with E-state index >= 15 is 0 Å². The van der Waals surface area contributed by atoms with E-state index in [1.54, 1.807) is 48.5 Å². The van der Waals surface area contributed by atoms with Crippen LogP contribution in [0, 0.1) is 11.6 Å². The Labute approximate surface area is 512 Å². The predicted octanol–water partition coefficient (Wildman–Crippen LogP) is 9.58. The normalized spacial score (nSPS) is 12.6. The van der Waals surface area contributed by atoms with Gasteiger partial charge in [0.05, 0.1) is 46.9 Å². The molecule has 0 fully saturated rings. The van der Waals surface area contributed by atoms with Crippen molar-refractivity contribution in [2.45, 2.75) is 116 Å². The Bertz CT molecular complexity index is 3170. The van der Waals surface area contributed by atoms with Crippen LogP contribution >= 0.6 is 0 Å². The molecule has 428 valence electrons. The molecule has 0 saturated carbocycles. The second-order valence-electron chi connectivity index (χ2n) is 20.8. The van der Waals surface area contributed by atoms with Crippen molar-refractivity contribution in [2.75, 3.05) is 10.6 Å². The average molecular weight is 1170 g/mol. The number of benzene rings is 6. The van der Waals surface area contributed by atoms with Gasteiger partial charge in [0.1, 0.15) is 11.6 Å². The standard InChI is InChI=1S/2C33H35FN2O5.Ca/c2*1-21(2)31-30(33(41)35-25-11-7-4-8-12-25)29(22-9-5-3-6-10-22)32(23-13-15-24(34)16-14-23)36(31)18-17-26(37)19-27(38)20-28(39)40;/h2*3-16,21,26-27,37-38H,17-20H2,1-2H3,(H,35,41)(H,39,40);/q;;+2/p-2/t2*26-,27-;/m11./s1/i2*3+1,5+1,6+1,9+1,10+1,22+1,29+1,32+1;. The number of nitrogens with one attached hydrogen (secondary N) is 2. The number of carbonyl (C=O) groups is 4. The fourth-order valence-electron chi connectivity index (χ4n) is 10.4. The molecule has 4 atom stereocenters. The van der Waals surface area contributed by atoms with E-state index in [1.807, 2.05) is 134 Å². The molecule has 83 heavy (non-hydrogen) atoms. The first-order chi connectivity index (χ1) is 39.3. The number of halogens is 2. The summed E-state index contributed by atoms with van der Waals surface area (Å²) in [6.45, 7) is 8.45. The van der Waals surface area contributed by atoms with Crippen molar-refractivity contribution >= 4 is 72.9 Å². The fourth-order valence-corrected chi connectivity index (χ4v) is 10.4. The van der Waals surface area contributed by atoms with Crippen LogP contribution in [-0.4, -0.2) is 115 Å². The number of aromatic nitrogens is 2. The molecule has 8 rings (SSSR count). The molecule has 2 heterocycles. The SMILES string of the molecule is CC(C)c1c(C(=O)Nc2ccccc2)[13c](-[13c]2[13cH][13cH][13cH][13cH][13cH]2)[13c](-c2ccc(F)cc2)n1CC[C@@H](O)C[C@@H](O)CC(=O)[O-].CC(C)c1c(C(=O)Nc2ccccc2)[13c](-[13c]2[13cH][13cH][13cH][13cH][13cH]2)[13c](-c2ccc(F)cc2)n1CC[C@@H](O)C[C@@H](O)CC(=O)[O-].[Ca+2]. The van der Waals surface area contributed by atoms with Gasteiger partial charge in [0, 0.05) is 71.8 Å². The zero-order valence-electron chi connectivity index (χ0n) is 46.9. The van der Waals surface area contributed by atoms with Crippen molar-refractivity contribution in [1.29, 1.82) is 0 Å². The minimum absolute atomic E-state index is 0. The van der Waals surface area contributed by atoms with Crippen LogP contribution < -0.4 is 20.8 Å². The summed E-state index contributed by atoms with van der Waals surface area (Å²) in [6, 6.07) is 49.4. The Morgan fingerprint density at radius 2 is 0.747 bits per heavy atom. The Balaban J connectivity index is 0.000000263. The van der Waals surface area contributed by atoms with Gasteiger partial charge in [-0.1, -0.05) is 125 Å². The number of hydrogen-bond donors (Lipinski definition) is 6. The number of aliphatic carboxylic acids is 2. The van der Waals surface area contributed by atoms with Crippen molar-refractivity contribution in [1.82, 2.24) is 9.13 Å². The quantitative estimate of drug-likeness (QED) is 0.0314. The summed E-state index contributed by atoms with van der Waals surface area (Å²) >= 11 is 0. The second kappa shape index (κ2) is 30.9. The van der Waals surface area contributed by atoms with Gasteiger partial charge in [-0.3, -0.25) is 9.59 Å². The van der Waals surface area contributed by atoms with Crippen molar-refractivity contribution in [2.24, 2.45) is 0 Å². The van der Waals surface area contributed by atoms with Crippen LogP contribution in [0.15, 0.2) is 170 Å². The zero-order chi connectivity index (χ0) is 59.0. The molecule has 0 aliphatic rings. The Morgan fingerprint density at radius 3 is 1.04 bits per heavy atom. The molecule has 14 nitrogen and oxygen atoms in total. The largest absolute Gasteiger partial charge is 2.00 e. The predicted molar refractivity (Wildman–Crippen MR) is 315 cm³/mol. The number of amides is 2. The van der Waals surface area contributed by atoms with Crippen molar-refractivity contribution in [3.8, 4) is 44.8 Å². The molecule has 0 radical (unpaired) electrons. The van der Waals surface area contributed by atoms with Gasteiger partial charge >= 0.3 is 37.7 Å². The average Bonchev–Trinajstić information content (AvgIpc) is 3.14. The molecule has 6 aromatic carbocycles. The maximum Gasteiger partial charge on any atom is 2.00 e. The van der Waals surface area contributed by atoms with Crippen molar-refractivity contribution < 1.29 is 58.6 Å². The van der Waals surface area contributed by atoms with E-state index < -0.39 is 60.8 Å². The van der Waals surface area contributed by atoms with Crippen LogP contribution in [0.4, 0.5) is 20.2 Å². The van der Waals surface area contributed by atoms with E-state index in [0.717, 1.165) is 22.5 Å². The van der Waals surface area contributed by atoms with Gasteiger partial charge in [-0.15, -0.1) is 0 Å². The van der Waals surface area contributed by atoms with E-state index in [4.69, 9.17) is 0 Å². The number of carboxylic acid groups (broad SMARTS) is 2. The molecular weight excluding hydrogens is 1100 g/mol. The molecule has 0 saturated heterocycles. The van der Waals surface area contributed by atoms with E-state index in [-0.39, 0.29) is 100 Å². The Hall–Kier alpha value is -7.28. The summed E-state index contributed by atoms with van der Waals surface area (Å²) in [5, 5.41) is 69.2. The molecule has 2 aromatic heterocycles. The molecule has 0 spiro atoms. The van der Waals surface area contributed by atoms with Gasteiger partial charge in [0.15, 0.2) is 0 Å². The van der Waals surface area contributed by atoms with Gasteiger partial charge in [-0.25, -0.2) is 8.78 Å². The number of carboxylic acids is 2. The van der Waals surface area contributed by atoms with Gasteiger partial charge in [0.25, 0.3) is 11.8 Å². The number of rotatable bonds is 24. The van der Waals surface area contributed by atoms with Crippen LogP contribution in [0.1, 0.15) is 110 Å². The van der Waals surface area contributed by atoms with Crippen LogP contribution in [-0.2, 0) is 22.7 Å². The summed E-state index contributed by atoms with van der Waals surface area (Å²) in [6.07, 6.45) is -5.54. The number of carbonyl (C=O) groups excluding carboxylic acids is 4. The Kier molecular flexibility index (Phi) is 24.1. The summed E-state index contributed by atoms with van der Waals surface area (Å²) in [4.78, 5) is 49.8. The van der Waals surface area contributed by atoms with Crippen molar-refractivity contribution in [3.05, 3.63) is 204 Å². The zero-order valence-corrected chi connectivity index (χ0v) is 49.1. The van der Waals surface area contributed by atoms with Crippen LogP contribution in [0.3, 0.4) is 0 Å². The van der Waals surface area contributed by atoms with Crippen LogP contribution in [0.5, 0.6) is 0 Å². The Morgan fingerprint density at radius 1 is 0.446 bits per heavy atom. The summed E-state index contributed by atoms with van der Waals surface area (Å²) in [7, 11) is 0. The van der Waals surface area contributed by atoms with E-state index in [9.17, 15) is 58.6 Å². The smallest absolute Gasteiger partial charge is 0.550 e. The molecule has 6 N–H and O–H groups in total. The maximum atomic E-state index is 14.0. The van der Waals surface area contributed by atoms with E-state index in [0.29, 0.717) is 56.1 Å². The van der Waals surface area contributed by atoms with Gasteiger partial charge in [-0.2, -0.15) is 0 Å². The summed E-state index contributed by atoms with van der Waals surface area (Å²) in [5.41, 5.74) is 9.43. The van der Waals surface area contributed by atoms with E-state index in [2.05, 4.69) is 10.6 Å². The molecule has 0 unspecified atom stereocenters. The van der Waals surface area contributed by atoms with Crippen LogP contribution in [0.25, 0.3) is 44.8 Å². The summed E-state index contributed by atoms with van der Waals surface area (Å²) < 4.78 is 32.0. The molecule has 17 heteroatoms. The number of aliphatic hydroxyl groups excluding tert-OH is 4. The van der Waals surface area contributed by atoms with Gasteiger partial charge in [-0.05, 0) is 133 Å². The van der Waals surface area contributed by atoms with Gasteiger partial charge in [0.2, 0.25) is 0 Å². The number of nitrogens with zero attached hydrogens (tertiary/aromatic N) is 2. The monoisotopic (exact) mass is 1170 g/mol. The third-order valence-electron chi connectivity index (χ3n) is 13.8. The number of hydrogen-bond acceptors (Lipinski definition) is 10. The first-order valence-corrected chi connectivity index (χ1v) is 27.3. The molecule has 8 aromatic rings. The minimum Gasteiger partial charge on any atom is -0.550 e. The fraction of sp³-hybridized carbons (Fsp3) is 0.273. The summed E-state index contributed by atoms with van der Waals surface area (Å²) in [5.74, 6) is -4.41. The molecule has 2 amide bonds. The first kappa shape index (κ1) is 64.9. The number of para-hydroxylation sites is 2.